The van der Waals surface area contributed by atoms with E-state index in [0.717, 1.165) is 11.4 Å². The molecule has 1 fully saturated rings. The van der Waals surface area contributed by atoms with E-state index in [4.69, 9.17) is 4.74 Å². The Balaban J connectivity index is 2.13. The molecule has 0 radical (unpaired) electrons. The Morgan fingerprint density at radius 2 is 2.13 bits per heavy atom. The highest BCUT2D eigenvalue weighted by Gasteiger charge is 2.15. The van der Waals surface area contributed by atoms with Crippen LogP contribution in [0.15, 0.2) is 29.3 Å². The van der Waals surface area contributed by atoms with E-state index in [1.54, 1.807) is 7.11 Å². The van der Waals surface area contributed by atoms with Crippen molar-refractivity contribution in [1.29, 1.82) is 0 Å². The number of aliphatic imine (C=N–C) groups is 1. The lowest BCUT2D eigenvalue weighted by Gasteiger charge is -1.99. The van der Waals surface area contributed by atoms with Crippen LogP contribution in [0.2, 0.25) is 0 Å². The molecule has 0 bridgehead atoms. The van der Waals surface area contributed by atoms with Crippen molar-refractivity contribution in [2.75, 3.05) is 12.9 Å². The molecule has 1 N–H and O–H groups in total. The second-order valence-corrected chi connectivity index (χ2v) is 3.92. The number of nitrogens with one attached hydrogen (secondary N) is 1. The lowest BCUT2D eigenvalue weighted by atomic mass is 10.3. The monoisotopic (exact) mass is 222 g/mol. The van der Waals surface area contributed by atoms with Gasteiger partial charge in [0.25, 0.3) is 0 Å². The highest BCUT2D eigenvalue weighted by Crippen LogP contribution is 2.20. The van der Waals surface area contributed by atoms with E-state index in [0.29, 0.717) is 10.9 Å². The zero-order valence-corrected chi connectivity index (χ0v) is 9.00. The third kappa shape index (κ3) is 2.50. The molecule has 1 amide bonds. The molecule has 0 aromatic heterocycles. The van der Waals surface area contributed by atoms with E-state index in [-0.39, 0.29) is 5.91 Å². The summed E-state index contributed by atoms with van der Waals surface area (Å²) in [6.45, 7) is 0. The van der Waals surface area contributed by atoms with Gasteiger partial charge in [0.1, 0.15) is 5.75 Å². The van der Waals surface area contributed by atoms with Crippen LogP contribution >= 0.6 is 11.8 Å². The Bertz CT molecular complexity index is 400. The highest BCUT2D eigenvalue weighted by molar-refractivity contribution is 8.15. The van der Waals surface area contributed by atoms with Gasteiger partial charge in [-0.1, -0.05) is 11.8 Å². The first-order chi connectivity index (χ1) is 7.28. The molecule has 1 saturated heterocycles. The van der Waals surface area contributed by atoms with Gasteiger partial charge in [0.2, 0.25) is 5.91 Å². The van der Waals surface area contributed by atoms with Gasteiger partial charge in [0, 0.05) is 0 Å². The van der Waals surface area contributed by atoms with E-state index in [1.807, 2.05) is 24.3 Å². The smallest absolute Gasteiger partial charge is 0.236 e. The summed E-state index contributed by atoms with van der Waals surface area (Å²) < 4.78 is 5.03. The summed E-state index contributed by atoms with van der Waals surface area (Å²) in [5, 5.41) is 3.33. The third-order valence-corrected chi connectivity index (χ3v) is 2.76. The molecule has 0 spiro atoms. The number of hydrogen-bond donors (Lipinski definition) is 1. The number of hydrogen-bond acceptors (Lipinski definition) is 4. The molecule has 0 atom stereocenters. The van der Waals surface area contributed by atoms with Crippen molar-refractivity contribution in [3.05, 3.63) is 24.3 Å². The number of methoxy groups -OCH3 is 1. The number of amidine groups is 1. The summed E-state index contributed by atoms with van der Waals surface area (Å²) in [6.07, 6.45) is 0. The molecule has 2 rings (SSSR count). The molecule has 1 aromatic carbocycles. The molecule has 0 aliphatic carbocycles. The lowest BCUT2D eigenvalue weighted by molar-refractivity contribution is -0.116. The van der Waals surface area contributed by atoms with Crippen LogP contribution in [0.5, 0.6) is 5.75 Å². The molecular weight excluding hydrogens is 212 g/mol. The van der Waals surface area contributed by atoms with Crippen molar-refractivity contribution in [2.45, 2.75) is 0 Å². The predicted octanol–water partition coefficient (Wildman–Crippen LogP) is 1.55. The first-order valence-corrected chi connectivity index (χ1v) is 5.42. The summed E-state index contributed by atoms with van der Waals surface area (Å²) in [7, 11) is 1.62. The fourth-order valence-corrected chi connectivity index (χ4v) is 1.86. The summed E-state index contributed by atoms with van der Waals surface area (Å²) in [6, 6.07) is 7.36. The molecule has 78 valence electrons. The second-order valence-electron chi connectivity index (χ2n) is 2.95. The van der Waals surface area contributed by atoms with E-state index < -0.39 is 0 Å². The fraction of sp³-hybridized carbons (Fsp3) is 0.200. The maximum Gasteiger partial charge on any atom is 0.236 e. The zero-order valence-electron chi connectivity index (χ0n) is 8.19. The maximum absolute atomic E-state index is 10.9. The van der Waals surface area contributed by atoms with Crippen molar-refractivity contribution < 1.29 is 9.53 Å². The van der Waals surface area contributed by atoms with Crippen LogP contribution in [0.25, 0.3) is 0 Å². The number of rotatable bonds is 2. The summed E-state index contributed by atoms with van der Waals surface area (Å²) in [5.74, 6) is 1.25. The van der Waals surface area contributed by atoms with Crippen LogP contribution in [0.1, 0.15) is 0 Å². The first-order valence-electron chi connectivity index (χ1n) is 4.43. The van der Waals surface area contributed by atoms with Crippen LogP contribution in [0.4, 0.5) is 5.69 Å². The number of amides is 1. The summed E-state index contributed by atoms with van der Waals surface area (Å²) >= 11 is 1.41. The molecule has 5 heteroatoms. The number of carbonyl (C=O) groups is 1. The van der Waals surface area contributed by atoms with Gasteiger partial charge in [-0.25, -0.2) is 4.99 Å². The van der Waals surface area contributed by atoms with Gasteiger partial charge in [-0.3, -0.25) is 4.79 Å². The molecule has 1 aliphatic rings. The number of nitrogens with zero attached hydrogens (tertiary/aromatic N) is 1. The first kappa shape index (κ1) is 10.0. The quantitative estimate of drug-likeness (QED) is 0.825. The van der Waals surface area contributed by atoms with Gasteiger partial charge in [-0.2, -0.15) is 0 Å². The van der Waals surface area contributed by atoms with Crippen molar-refractivity contribution in [3.8, 4) is 5.75 Å². The largest absolute Gasteiger partial charge is 0.497 e. The second kappa shape index (κ2) is 4.35. The number of ether oxygens (including phenoxy) is 1. The minimum atomic E-state index is 0.00672. The van der Waals surface area contributed by atoms with Gasteiger partial charge >= 0.3 is 0 Å². The Morgan fingerprint density at radius 1 is 1.40 bits per heavy atom. The molecule has 1 aromatic rings. The lowest BCUT2D eigenvalue weighted by Crippen LogP contribution is -2.19. The Kier molecular flexibility index (Phi) is 2.91. The Labute approximate surface area is 91.7 Å². The van der Waals surface area contributed by atoms with Gasteiger partial charge in [0.05, 0.1) is 18.6 Å². The van der Waals surface area contributed by atoms with Crippen molar-refractivity contribution >= 4 is 28.5 Å². The van der Waals surface area contributed by atoms with Gasteiger partial charge < -0.3 is 10.1 Å². The van der Waals surface area contributed by atoms with Crippen LogP contribution in [-0.2, 0) is 4.79 Å². The van der Waals surface area contributed by atoms with Crippen LogP contribution in [0.3, 0.4) is 0 Å². The molecular formula is C10H10N2O2S. The molecule has 4 nitrogen and oxygen atoms in total. The van der Waals surface area contributed by atoms with Gasteiger partial charge in [-0.15, -0.1) is 0 Å². The van der Waals surface area contributed by atoms with Crippen LogP contribution in [0, 0.1) is 0 Å². The van der Waals surface area contributed by atoms with E-state index in [9.17, 15) is 4.79 Å². The maximum atomic E-state index is 10.9. The Morgan fingerprint density at radius 3 is 2.67 bits per heavy atom. The topological polar surface area (TPSA) is 50.7 Å². The normalized spacial score (nSPS) is 17.9. The molecule has 1 heterocycles. The minimum absolute atomic E-state index is 0.00672. The van der Waals surface area contributed by atoms with Crippen LogP contribution in [-0.4, -0.2) is 23.9 Å². The van der Waals surface area contributed by atoms with E-state index >= 15 is 0 Å². The van der Waals surface area contributed by atoms with E-state index in [1.165, 1.54) is 11.8 Å². The highest BCUT2D eigenvalue weighted by atomic mass is 32.2. The standard InChI is InChI=1S/C10H10N2O2S/c1-14-8-4-2-7(3-5-8)11-10-12-9(13)6-15-10/h2-5H,6H2,1H3,(H,11,12,13). The average Bonchev–Trinajstić information content (AvgIpc) is 2.65. The average molecular weight is 222 g/mol. The summed E-state index contributed by atoms with van der Waals surface area (Å²) in [4.78, 5) is 15.2. The number of thioether (sulfide) groups is 1. The molecule has 15 heavy (non-hydrogen) atoms. The number of benzene rings is 1. The fourth-order valence-electron chi connectivity index (χ4n) is 1.16. The van der Waals surface area contributed by atoms with Crippen molar-refractivity contribution in [2.24, 2.45) is 4.99 Å². The summed E-state index contributed by atoms with van der Waals surface area (Å²) in [5.41, 5.74) is 0.806. The van der Waals surface area contributed by atoms with Crippen molar-refractivity contribution in [3.63, 3.8) is 0 Å². The Hall–Kier alpha value is -1.49. The SMILES string of the molecule is COc1ccc(N=C2NC(=O)CS2)cc1. The third-order valence-electron chi connectivity index (χ3n) is 1.89. The van der Waals surface area contributed by atoms with E-state index in [2.05, 4.69) is 10.3 Å². The van der Waals surface area contributed by atoms with Gasteiger partial charge in [0.15, 0.2) is 5.17 Å². The predicted molar refractivity (Wildman–Crippen MR) is 60.7 cm³/mol. The van der Waals surface area contributed by atoms with Crippen molar-refractivity contribution in [1.82, 2.24) is 5.32 Å². The zero-order chi connectivity index (χ0) is 10.7. The minimum Gasteiger partial charge on any atom is -0.497 e. The molecule has 0 unspecified atom stereocenters. The molecule has 0 saturated carbocycles. The number of carbonyl (C=O) groups excluding carboxylic acids is 1. The molecule has 1 aliphatic heterocycles. The van der Waals surface area contributed by atoms with Crippen LogP contribution < -0.4 is 10.1 Å². The van der Waals surface area contributed by atoms with Gasteiger partial charge in [-0.05, 0) is 24.3 Å².